The largest absolute Gasteiger partial charge is 0.464 e. The van der Waals surface area contributed by atoms with Crippen molar-refractivity contribution in [2.45, 2.75) is 17.9 Å². The molecule has 0 fully saturated rings. The van der Waals surface area contributed by atoms with E-state index in [0.29, 0.717) is 27.4 Å². The number of nitrogens with one attached hydrogen (secondary N) is 1. The Balaban J connectivity index is 1.56. The molecular formula is C20H15N3O2S2. The highest BCUT2D eigenvalue weighted by molar-refractivity contribution is 7.98. The van der Waals surface area contributed by atoms with Crippen molar-refractivity contribution in [1.29, 1.82) is 5.26 Å². The number of furan rings is 1. The number of nitriles is 1. The Bertz CT molecular complexity index is 1170. The molecule has 1 atom stereocenters. The van der Waals surface area contributed by atoms with Crippen LogP contribution >= 0.6 is 23.1 Å². The van der Waals surface area contributed by atoms with Gasteiger partial charge in [-0.1, -0.05) is 12.1 Å². The van der Waals surface area contributed by atoms with E-state index in [9.17, 15) is 4.79 Å². The molecule has 0 aliphatic carbocycles. The maximum absolute atomic E-state index is 12.7. The molecule has 0 spiro atoms. The van der Waals surface area contributed by atoms with Gasteiger partial charge in [0.1, 0.15) is 16.4 Å². The second-order valence-corrected chi connectivity index (χ2v) is 8.21. The number of thioether (sulfide) groups is 1. The molecule has 0 bridgehead atoms. The second-order valence-electron chi connectivity index (χ2n) is 6.02. The zero-order valence-corrected chi connectivity index (χ0v) is 16.1. The molecule has 0 amide bonds. The summed E-state index contributed by atoms with van der Waals surface area (Å²) in [5.74, 6) is 2.11. The average Bonchev–Trinajstić information content (AvgIpc) is 3.36. The minimum atomic E-state index is -0.145. The van der Waals surface area contributed by atoms with Crippen LogP contribution < -0.4 is 5.56 Å². The topological polar surface area (TPSA) is 82.7 Å². The van der Waals surface area contributed by atoms with Crippen LogP contribution in [0.3, 0.4) is 0 Å². The van der Waals surface area contributed by atoms with Crippen LogP contribution in [0.5, 0.6) is 0 Å². The van der Waals surface area contributed by atoms with Crippen LogP contribution in [0, 0.1) is 11.3 Å². The lowest BCUT2D eigenvalue weighted by Gasteiger charge is -2.10. The van der Waals surface area contributed by atoms with Crippen LogP contribution in [0.15, 0.2) is 57.3 Å². The summed E-state index contributed by atoms with van der Waals surface area (Å²) in [6, 6.07) is 13.3. The number of fused-ring (bicyclic) bond motifs is 1. The maximum Gasteiger partial charge on any atom is 0.260 e. The third kappa shape index (κ3) is 3.54. The van der Waals surface area contributed by atoms with E-state index >= 15 is 0 Å². The molecule has 5 nitrogen and oxygen atoms in total. The minimum Gasteiger partial charge on any atom is -0.464 e. The highest BCUT2D eigenvalue weighted by Crippen LogP contribution is 2.33. The molecule has 1 unspecified atom stereocenters. The predicted octanol–water partition coefficient (Wildman–Crippen LogP) is 5.11. The van der Waals surface area contributed by atoms with Gasteiger partial charge in [-0.15, -0.1) is 23.1 Å². The molecule has 0 saturated carbocycles. The number of benzene rings is 1. The smallest absolute Gasteiger partial charge is 0.260 e. The molecule has 3 aromatic heterocycles. The predicted molar refractivity (Wildman–Crippen MR) is 109 cm³/mol. The number of aromatic nitrogens is 2. The fraction of sp³-hybridized carbons (Fsp3) is 0.150. The zero-order chi connectivity index (χ0) is 18.8. The molecule has 0 saturated heterocycles. The molecule has 0 radical (unpaired) electrons. The van der Waals surface area contributed by atoms with Crippen molar-refractivity contribution >= 4 is 33.3 Å². The summed E-state index contributed by atoms with van der Waals surface area (Å²) in [5.41, 5.74) is 2.41. The Kier molecular flexibility index (Phi) is 4.84. The molecule has 3 heterocycles. The second kappa shape index (κ2) is 7.43. The summed E-state index contributed by atoms with van der Waals surface area (Å²) in [6.45, 7) is 2.03. The zero-order valence-electron chi connectivity index (χ0n) is 14.4. The van der Waals surface area contributed by atoms with E-state index in [1.807, 2.05) is 42.6 Å². The van der Waals surface area contributed by atoms with Crippen molar-refractivity contribution < 1.29 is 4.42 Å². The standard InChI is InChI=1S/C20H15N3O2S2/c1-12(26-10-14-6-4-13(9-21)5-7-14)18-22-19(24)17-15(11-27-20(17)23-18)16-3-2-8-25-16/h2-8,11-12H,10H2,1H3,(H,22,23,24). The molecule has 1 N–H and O–H groups in total. The average molecular weight is 393 g/mol. The first kappa shape index (κ1) is 17.6. The number of rotatable bonds is 5. The number of aromatic amines is 1. The van der Waals surface area contributed by atoms with Crippen LogP contribution in [-0.2, 0) is 5.75 Å². The molecular weight excluding hydrogens is 378 g/mol. The van der Waals surface area contributed by atoms with Gasteiger partial charge in [0.05, 0.1) is 28.5 Å². The van der Waals surface area contributed by atoms with Crippen molar-refractivity contribution in [3.63, 3.8) is 0 Å². The van der Waals surface area contributed by atoms with Gasteiger partial charge in [0.2, 0.25) is 0 Å². The Morgan fingerprint density at radius 2 is 2.15 bits per heavy atom. The van der Waals surface area contributed by atoms with Crippen LogP contribution in [0.2, 0.25) is 0 Å². The molecule has 4 aromatic rings. The van der Waals surface area contributed by atoms with Crippen LogP contribution in [0.4, 0.5) is 0 Å². The van der Waals surface area contributed by atoms with Crippen molar-refractivity contribution in [3.8, 4) is 17.4 Å². The SMILES string of the molecule is CC(SCc1ccc(C#N)cc1)c1nc2scc(-c3ccco3)c2c(=O)[nH]1. The van der Waals surface area contributed by atoms with Gasteiger partial charge in [-0.2, -0.15) is 5.26 Å². The number of H-pyrrole nitrogens is 1. The highest BCUT2D eigenvalue weighted by Gasteiger charge is 2.17. The molecule has 0 aliphatic heterocycles. The normalized spacial score (nSPS) is 12.1. The molecule has 7 heteroatoms. The molecule has 27 heavy (non-hydrogen) atoms. The first-order valence-electron chi connectivity index (χ1n) is 8.31. The van der Waals surface area contributed by atoms with E-state index in [4.69, 9.17) is 9.68 Å². The van der Waals surface area contributed by atoms with E-state index in [1.165, 1.54) is 11.3 Å². The number of hydrogen-bond donors (Lipinski definition) is 1. The van der Waals surface area contributed by atoms with Crippen LogP contribution in [-0.4, -0.2) is 9.97 Å². The van der Waals surface area contributed by atoms with Gasteiger partial charge in [-0.05, 0) is 36.8 Å². The highest BCUT2D eigenvalue weighted by atomic mass is 32.2. The van der Waals surface area contributed by atoms with Gasteiger partial charge >= 0.3 is 0 Å². The lowest BCUT2D eigenvalue weighted by molar-refractivity contribution is 0.583. The number of nitrogens with zero attached hydrogens (tertiary/aromatic N) is 2. The molecule has 1 aromatic carbocycles. The third-order valence-electron chi connectivity index (χ3n) is 4.22. The van der Waals surface area contributed by atoms with Gasteiger partial charge in [0.25, 0.3) is 5.56 Å². The third-order valence-corrected chi connectivity index (χ3v) is 6.31. The van der Waals surface area contributed by atoms with Crippen molar-refractivity contribution in [2.24, 2.45) is 0 Å². The van der Waals surface area contributed by atoms with E-state index < -0.39 is 0 Å². The summed E-state index contributed by atoms with van der Waals surface area (Å²) in [6.07, 6.45) is 1.59. The van der Waals surface area contributed by atoms with Gasteiger partial charge in [0, 0.05) is 16.7 Å². The minimum absolute atomic E-state index is 0.0342. The molecule has 4 rings (SSSR count). The summed E-state index contributed by atoms with van der Waals surface area (Å²) in [7, 11) is 0. The van der Waals surface area contributed by atoms with Gasteiger partial charge < -0.3 is 9.40 Å². The Morgan fingerprint density at radius 3 is 2.85 bits per heavy atom. The fourth-order valence-electron chi connectivity index (χ4n) is 2.75. The van der Waals surface area contributed by atoms with Crippen molar-refractivity contribution in [2.75, 3.05) is 0 Å². The van der Waals surface area contributed by atoms with Crippen molar-refractivity contribution in [1.82, 2.24) is 9.97 Å². The molecule has 0 aliphatic rings. The first-order valence-corrected chi connectivity index (χ1v) is 10.2. The monoisotopic (exact) mass is 393 g/mol. The van der Waals surface area contributed by atoms with Crippen LogP contribution in [0.1, 0.15) is 29.1 Å². The van der Waals surface area contributed by atoms with E-state index in [-0.39, 0.29) is 10.8 Å². The quantitative estimate of drug-likeness (QED) is 0.509. The first-order chi connectivity index (χ1) is 13.2. The number of thiophene rings is 1. The summed E-state index contributed by atoms with van der Waals surface area (Å²) >= 11 is 3.13. The van der Waals surface area contributed by atoms with Crippen molar-refractivity contribution in [3.05, 3.63) is 75.3 Å². The summed E-state index contributed by atoms with van der Waals surface area (Å²) < 4.78 is 5.42. The van der Waals surface area contributed by atoms with Crippen LogP contribution in [0.25, 0.3) is 21.5 Å². The van der Waals surface area contributed by atoms with Gasteiger partial charge in [-0.25, -0.2) is 4.98 Å². The van der Waals surface area contributed by atoms with E-state index in [0.717, 1.165) is 16.9 Å². The maximum atomic E-state index is 12.7. The summed E-state index contributed by atoms with van der Waals surface area (Å²) in [5, 5.41) is 11.4. The van der Waals surface area contributed by atoms with Gasteiger partial charge in [-0.3, -0.25) is 4.79 Å². The van der Waals surface area contributed by atoms with Gasteiger partial charge in [0.15, 0.2) is 0 Å². The Hall–Kier alpha value is -2.82. The van der Waals surface area contributed by atoms with E-state index in [1.54, 1.807) is 24.1 Å². The summed E-state index contributed by atoms with van der Waals surface area (Å²) in [4.78, 5) is 21.0. The lowest BCUT2D eigenvalue weighted by Crippen LogP contribution is -2.12. The fourth-order valence-corrected chi connectivity index (χ4v) is 4.59. The molecule has 134 valence electrons. The number of hydrogen-bond acceptors (Lipinski definition) is 6. The Labute approximate surface area is 163 Å². The van der Waals surface area contributed by atoms with E-state index in [2.05, 4.69) is 16.0 Å². The lowest BCUT2D eigenvalue weighted by atomic mass is 10.2. The Morgan fingerprint density at radius 1 is 1.33 bits per heavy atom.